The largest absolute Gasteiger partial charge is 0.276 e. The van der Waals surface area contributed by atoms with Gasteiger partial charge in [0.15, 0.2) is 0 Å². The minimum Gasteiger partial charge on any atom is -0.276 e. The molecule has 5 heterocycles. The number of thiophene rings is 1. The highest BCUT2D eigenvalue weighted by atomic mass is 32.1. The quantitative estimate of drug-likeness (QED) is 0.178. The van der Waals surface area contributed by atoms with E-state index in [9.17, 15) is 0 Å². The van der Waals surface area contributed by atoms with Gasteiger partial charge in [0.2, 0.25) is 5.95 Å². The molecule has 0 N–H and O–H groups in total. The van der Waals surface area contributed by atoms with Crippen molar-refractivity contribution >= 4 is 85.9 Å². The predicted molar refractivity (Wildman–Crippen MR) is 208 cm³/mol. The van der Waals surface area contributed by atoms with Crippen LogP contribution in [0.4, 0.5) is 0 Å². The first-order chi connectivity index (χ1) is 24.8. The van der Waals surface area contributed by atoms with Gasteiger partial charge in [-0.2, -0.15) is 0 Å². The Morgan fingerprint density at radius 3 is 2.08 bits per heavy atom. The lowest BCUT2D eigenvalue weighted by molar-refractivity contribution is 1.01. The van der Waals surface area contributed by atoms with Crippen molar-refractivity contribution < 1.29 is 0 Å². The van der Waals surface area contributed by atoms with E-state index in [2.05, 4.69) is 119 Å². The van der Waals surface area contributed by atoms with Crippen LogP contribution in [-0.2, 0) is 0 Å². The molecule has 0 amide bonds. The minimum absolute atomic E-state index is 0.616. The smallest absolute Gasteiger partial charge is 0.235 e. The molecule has 50 heavy (non-hydrogen) atoms. The molecule has 5 nitrogen and oxygen atoms in total. The number of rotatable bonds is 3. The van der Waals surface area contributed by atoms with E-state index in [1.54, 1.807) is 0 Å². The molecule has 6 aromatic carbocycles. The maximum Gasteiger partial charge on any atom is 0.235 e. The number of pyridine rings is 2. The third kappa shape index (κ3) is 4.00. The summed E-state index contributed by atoms with van der Waals surface area (Å²) in [7, 11) is 0. The van der Waals surface area contributed by atoms with Crippen LogP contribution in [0.15, 0.2) is 152 Å². The summed E-state index contributed by atoms with van der Waals surface area (Å²) in [4.78, 5) is 20.3. The molecule has 0 aliphatic carbocycles. The van der Waals surface area contributed by atoms with Crippen molar-refractivity contribution in [2.75, 3.05) is 0 Å². The van der Waals surface area contributed by atoms with Crippen molar-refractivity contribution in [3.05, 3.63) is 152 Å². The maximum atomic E-state index is 5.39. The first-order valence-corrected chi connectivity index (χ1v) is 17.4. The molecule has 0 aliphatic heterocycles. The Hall–Kier alpha value is -6.50. The van der Waals surface area contributed by atoms with Crippen molar-refractivity contribution in [3.63, 3.8) is 0 Å². The Kier molecular flexibility index (Phi) is 5.76. The zero-order chi connectivity index (χ0) is 32.8. The Balaban J connectivity index is 1.16. The Labute approximate surface area is 289 Å². The number of fused-ring (bicyclic) bond motifs is 10. The van der Waals surface area contributed by atoms with Gasteiger partial charge in [-0.05, 0) is 47.9 Å². The molecule has 0 fully saturated rings. The molecule has 0 saturated heterocycles. The van der Waals surface area contributed by atoms with Gasteiger partial charge in [0.1, 0.15) is 0 Å². The second-order valence-electron chi connectivity index (χ2n) is 12.7. The molecule has 232 valence electrons. The molecule has 0 unspecified atom stereocenters. The fraction of sp³-hybridized carbons (Fsp3) is 0. The van der Waals surface area contributed by atoms with E-state index in [4.69, 9.17) is 15.0 Å². The summed E-state index contributed by atoms with van der Waals surface area (Å²) in [6, 6.07) is 49.2. The van der Waals surface area contributed by atoms with E-state index in [0.717, 1.165) is 66.1 Å². The average Bonchev–Trinajstić information content (AvgIpc) is 3.71. The fourth-order valence-electron chi connectivity index (χ4n) is 7.61. The van der Waals surface area contributed by atoms with Gasteiger partial charge < -0.3 is 0 Å². The fourth-order valence-corrected chi connectivity index (χ4v) is 8.73. The lowest BCUT2D eigenvalue weighted by Crippen LogP contribution is -2.03. The van der Waals surface area contributed by atoms with E-state index in [1.807, 2.05) is 54.1 Å². The second kappa shape index (κ2) is 10.5. The lowest BCUT2D eigenvalue weighted by atomic mass is 9.98. The first-order valence-electron chi connectivity index (χ1n) is 16.6. The van der Waals surface area contributed by atoms with Crippen LogP contribution in [0.1, 0.15) is 0 Å². The highest BCUT2D eigenvalue weighted by Gasteiger charge is 2.19. The van der Waals surface area contributed by atoms with Crippen molar-refractivity contribution in [2.24, 2.45) is 0 Å². The summed E-state index contributed by atoms with van der Waals surface area (Å²) in [5.74, 6) is 0.616. The van der Waals surface area contributed by atoms with Crippen molar-refractivity contribution in [3.8, 4) is 28.5 Å². The second-order valence-corrected chi connectivity index (χ2v) is 13.8. The number of hydrogen-bond acceptors (Lipinski definition) is 5. The highest BCUT2D eigenvalue weighted by molar-refractivity contribution is 7.25. The van der Waals surface area contributed by atoms with Crippen LogP contribution in [0.5, 0.6) is 0 Å². The van der Waals surface area contributed by atoms with E-state index >= 15 is 0 Å². The number of aromatic nitrogens is 5. The summed E-state index contributed by atoms with van der Waals surface area (Å²) in [5, 5.41) is 9.30. The van der Waals surface area contributed by atoms with Crippen molar-refractivity contribution in [2.45, 2.75) is 0 Å². The van der Waals surface area contributed by atoms with Crippen LogP contribution in [0.3, 0.4) is 0 Å². The standard InChI is InChI=1S/C44H25N5S/c1-2-10-26(11-3-1)42-32-15-6-8-16-36(32)47-44(48-42)49-38-19-18-27(22-34(38)29-20-21-45-25-39(29)49)43-31-14-5-4-12-28(31)33-23-35-30-13-7-9-17-40(30)50-41(35)24-37(33)46-43/h1-25H. The summed E-state index contributed by atoms with van der Waals surface area (Å²) in [6.07, 6.45) is 3.77. The zero-order valence-electron chi connectivity index (χ0n) is 26.6. The number of nitrogens with zero attached hydrogens (tertiary/aromatic N) is 5. The highest BCUT2D eigenvalue weighted by Crippen LogP contribution is 2.41. The van der Waals surface area contributed by atoms with Crippen LogP contribution in [0.2, 0.25) is 0 Å². The van der Waals surface area contributed by atoms with Gasteiger partial charge in [0.05, 0.1) is 39.7 Å². The van der Waals surface area contributed by atoms with Crippen LogP contribution >= 0.6 is 11.3 Å². The monoisotopic (exact) mass is 655 g/mol. The molecule has 0 saturated carbocycles. The number of para-hydroxylation sites is 1. The molecule has 0 spiro atoms. The zero-order valence-corrected chi connectivity index (χ0v) is 27.4. The molecule has 0 bridgehead atoms. The third-order valence-electron chi connectivity index (χ3n) is 9.88. The molecule has 0 radical (unpaired) electrons. The van der Waals surface area contributed by atoms with Gasteiger partial charge >= 0.3 is 0 Å². The normalized spacial score (nSPS) is 12.0. The Bertz CT molecular complexity index is 3160. The van der Waals surface area contributed by atoms with E-state index in [1.165, 1.54) is 30.9 Å². The summed E-state index contributed by atoms with van der Waals surface area (Å²) < 4.78 is 4.69. The van der Waals surface area contributed by atoms with Crippen molar-refractivity contribution in [1.82, 2.24) is 24.5 Å². The molecule has 11 aromatic rings. The number of hydrogen-bond donors (Lipinski definition) is 0. The van der Waals surface area contributed by atoms with Gasteiger partial charge in [-0.1, -0.05) is 97.1 Å². The van der Waals surface area contributed by atoms with E-state index in [-0.39, 0.29) is 0 Å². The summed E-state index contributed by atoms with van der Waals surface area (Å²) in [6.45, 7) is 0. The lowest BCUT2D eigenvalue weighted by Gasteiger charge is -2.12. The van der Waals surface area contributed by atoms with Crippen molar-refractivity contribution in [1.29, 1.82) is 0 Å². The average molecular weight is 656 g/mol. The molecule has 5 aromatic heterocycles. The Morgan fingerprint density at radius 1 is 0.420 bits per heavy atom. The van der Waals surface area contributed by atoms with Gasteiger partial charge in [-0.3, -0.25) is 9.55 Å². The molecular formula is C44H25N5S. The first kappa shape index (κ1) is 27.5. The molecule has 11 rings (SSSR count). The molecule has 0 atom stereocenters. The van der Waals surface area contributed by atoms with Gasteiger partial charge in [0, 0.05) is 64.4 Å². The minimum atomic E-state index is 0.616. The molecule has 6 heteroatoms. The van der Waals surface area contributed by atoms with Crippen LogP contribution in [0.25, 0.3) is 103 Å². The molecular weight excluding hydrogens is 631 g/mol. The SMILES string of the molecule is c1ccc(-c2nc(-n3c4ccc(-c5nc6cc7sc8ccccc8c7cc6c6ccccc56)cc4c4ccncc43)nc3ccccc23)cc1. The number of benzene rings is 6. The van der Waals surface area contributed by atoms with Crippen LogP contribution in [0, 0.1) is 0 Å². The topological polar surface area (TPSA) is 56.5 Å². The maximum absolute atomic E-state index is 5.39. The van der Waals surface area contributed by atoms with Crippen LogP contribution < -0.4 is 0 Å². The summed E-state index contributed by atoms with van der Waals surface area (Å²) >= 11 is 1.83. The Morgan fingerprint density at radius 2 is 1.18 bits per heavy atom. The third-order valence-corrected chi connectivity index (χ3v) is 11.0. The van der Waals surface area contributed by atoms with Gasteiger partial charge in [0.25, 0.3) is 0 Å². The predicted octanol–water partition coefficient (Wildman–Crippen LogP) is 11.5. The van der Waals surface area contributed by atoms with E-state index in [0.29, 0.717) is 5.95 Å². The van der Waals surface area contributed by atoms with Gasteiger partial charge in [-0.25, -0.2) is 15.0 Å². The van der Waals surface area contributed by atoms with Gasteiger partial charge in [-0.15, -0.1) is 11.3 Å². The molecule has 0 aliphatic rings. The summed E-state index contributed by atoms with van der Waals surface area (Å²) in [5.41, 5.74) is 7.86. The van der Waals surface area contributed by atoms with Crippen LogP contribution in [-0.4, -0.2) is 24.5 Å². The van der Waals surface area contributed by atoms with E-state index < -0.39 is 0 Å².